The number of carbonyl (C=O) groups is 3. The molecule has 1 atom stereocenters. The summed E-state index contributed by atoms with van der Waals surface area (Å²) >= 11 is 0. The normalized spacial score (nSPS) is 12.4. The van der Waals surface area contributed by atoms with Gasteiger partial charge >= 0.3 is 12.3 Å². The lowest BCUT2D eigenvalue weighted by molar-refractivity contribution is -0.137. The molecule has 3 amide bonds. The van der Waals surface area contributed by atoms with Crippen LogP contribution in [-0.2, 0) is 20.5 Å². The molecule has 228 valence electrons. The van der Waals surface area contributed by atoms with Gasteiger partial charge in [0.1, 0.15) is 11.6 Å². The Morgan fingerprint density at radius 3 is 2.02 bits per heavy atom. The quantitative estimate of drug-likeness (QED) is 0.183. The molecule has 9 nitrogen and oxygen atoms in total. The number of hydrogen-bond donors (Lipinski definition) is 5. The molecule has 3 aromatic rings. The first-order valence-corrected chi connectivity index (χ1v) is 13.3. The number of nitrogens with one attached hydrogen (secondary N) is 4. The molecule has 3 rings (SSSR count). The summed E-state index contributed by atoms with van der Waals surface area (Å²) in [5.74, 6) is -0.990. The number of rotatable bonds is 10. The Morgan fingerprint density at radius 2 is 1.47 bits per heavy atom. The second-order valence-corrected chi connectivity index (χ2v) is 10.3. The van der Waals surface area contributed by atoms with E-state index in [1.54, 1.807) is 75.4 Å². The Labute approximate surface area is 247 Å². The van der Waals surface area contributed by atoms with E-state index in [0.717, 1.165) is 24.3 Å². The van der Waals surface area contributed by atoms with Gasteiger partial charge in [0.2, 0.25) is 11.8 Å². The summed E-state index contributed by atoms with van der Waals surface area (Å²) in [5.41, 5.74) is 0.561. The van der Waals surface area contributed by atoms with Gasteiger partial charge in [-0.2, -0.15) is 13.2 Å². The molecule has 0 fully saturated rings. The number of aliphatic hydroxyl groups is 1. The van der Waals surface area contributed by atoms with Crippen LogP contribution in [0.1, 0.15) is 43.5 Å². The molecule has 0 saturated heterocycles. The van der Waals surface area contributed by atoms with E-state index in [2.05, 4.69) is 21.3 Å². The summed E-state index contributed by atoms with van der Waals surface area (Å²) in [6.45, 7) is 5.07. The summed E-state index contributed by atoms with van der Waals surface area (Å²) < 4.78 is 43.8. The maximum absolute atomic E-state index is 13.0. The molecular formula is C31H33F3N4O5. The number of aliphatic hydroxyl groups excluding tert-OH is 1. The van der Waals surface area contributed by atoms with Crippen LogP contribution in [-0.4, -0.2) is 41.8 Å². The van der Waals surface area contributed by atoms with Crippen LogP contribution in [0.3, 0.4) is 0 Å². The first-order valence-electron chi connectivity index (χ1n) is 13.3. The Morgan fingerprint density at radius 1 is 0.860 bits per heavy atom. The van der Waals surface area contributed by atoms with Crippen LogP contribution in [0, 0.1) is 0 Å². The Hall–Kier alpha value is -4.68. The van der Waals surface area contributed by atoms with Gasteiger partial charge in [-0.15, -0.1) is 0 Å². The summed E-state index contributed by atoms with van der Waals surface area (Å²) in [6, 6.07) is 16.5. The Balaban J connectivity index is 1.66. The van der Waals surface area contributed by atoms with Crippen LogP contribution in [0.15, 0.2) is 78.9 Å². The fraction of sp³-hybridized carbons (Fsp3) is 0.258. The summed E-state index contributed by atoms with van der Waals surface area (Å²) in [6.07, 6.45) is -2.29. The molecule has 3 aromatic carbocycles. The lowest BCUT2D eigenvalue weighted by Gasteiger charge is -2.20. The van der Waals surface area contributed by atoms with Gasteiger partial charge in [-0.1, -0.05) is 36.4 Å². The molecule has 0 spiro atoms. The lowest BCUT2D eigenvalue weighted by atomic mass is 10.0. The second-order valence-electron chi connectivity index (χ2n) is 10.3. The summed E-state index contributed by atoms with van der Waals surface area (Å²) in [7, 11) is 0. The van der Waals surface area contributed by atoms with Gasteiger partial charge < -0.3 is 20.5 Å². The van der Waals surface area contributed by atoms with E-state index < -0.39 is 41.3 Å². The molecular weight excluding hydrogens is 565 g/mol. The van der Waals surface area contributed by atoms with Crippen molar-refractivity contribution in [2.24, 2.45) is 0 Å². The number of anilines is 3. The third-order valence-electron chi connectivity index (χ3n) is 5.72. The molecule has 12 heteroatoms. The highest BCUT2D eigenvalue weighted by Gasteiger charge is 2.30. The summed E-state index contributed by atoms with van der Waals surface area (Å²) in [5, 5.41) is 20.0. The first kappa shape index (κ1) is 32.8. The molecule has 0 heterocycles. The highest BCUT2D eigenvalue weighted by Crippen LogP contribution is 2.30. The lowest BCUT2D eigenvalue weighted by Crippen LogP contribution is -2.34. The van der Waals surface area contributed by atoms with E-state index in [-0.39, 0.29) is 18.8 Å². The molecule has 0 aliphatic rings. The van der Waals surface area contributed by atoms with Crippen molar-refractivity contribution in [2.75, 3.05) is 29.1 Å². The average molecular weight is 599 g/mol. The van der Waals surface area contributed by atoms with Gasteiger partial charge in [0.15, 0.2) is 0 Å². The van der Waals surface area contributed by atoms with Crippen LogP contribution in [0.4, 0.5) is 35.0 Å². The van der Waals surface area contributed by atoms with E-state index in [0.29, 0.717) is 22.5 Å². The van der Waals surface area contributed by atoms with Gasteiger partial charge in [0.05, 0.1) is 23.5 Å². The van der Waals surface area contributed by atoms with Crippen molar-refractivity contribution in [3.8, 4) is 0 Å². The molecule has 0 aliphatic heterocycles. The van der Waals surface area contributed by atoms with Gasteiger partial charge in [-0.25, -0.2) is 4.79 Å². The van der Waals surface area contributed by atoms with Crippen molar-refractivity contribution in [2.45, 2.75) is 38.6 Å². The standard InChI is InChI=1S/C31H33F3N4O5/c1-30(2,3)43-29(42)38-25-7-5-4-6-24(25)37-26(40)17-10-20-8-11-21(12-9-20)27(35-18-19-39)28(41)36-23-15-13-22(14-16-23)31(32,33)34/h4-17,27,35,39H,18-19H2,1-3H3,(H,36,41)(H,37,40)(H,38,42)/b17-10+. The zero-order valence-electron chi connectivity index (χ0n) is 23.8. The number of carbonyl (C=O) groups excluding carboxylic acids is 3. The maximum atomic E-state index is 13.0. The van der Waals surface area contributed by atoms with Crippen LogP contribution >= 0.6 is 0 Å². The van der Waals surface area contributed by atoms with Crippen LogP contribution in [0.5, 0.6) is 0 Å². The predicted molar refractivity (Wildman–Crippen MR) is 158 cm³/mol. The first-order chi connectivity index (χ1) is 20.2. The van der Waals surface area contributed by atoms with Gasteiger partial charge in [-0.3, -0.25) is 20.2 Å². The number of alkyl halides is 3. The maximum Gasteiger partial charge on any atom is 0.416 e. The molecule has 5 N–H and O–H groups in total. The predicted octanol–water partition coefficient (Wildman–Crippen LogP) is 5.97. The van der Waals surface area contributed by atoms with Gasteiger partial charge in [0.25, 0.3) is 0 Å². The third kappa shape index (κ3) is 10.6. The topological polar surface area (TPSA) is 129 Å². The van der Waals surface area contributed by atoms with Crippen LogP contribution < -0.4 is 21.3 Å². The molecule has 0 saturated carbocycles. The Kier molecular flexibility index (Phi) is 11.1. The molecule has 0 radical (unpaired) electrons. The van der Waals surface area contributed by atoms with Crippen molar-refractivity contribution in [1.29, 1.82) is 0 Å². The minimum absolute atomic E-state index is 0.0944. The van der Waals surface area contributed by atoms with E-state index in [9.17, 15) is 32.7 Å². The number of ether oxygens (including phenoxy) is 1. The third-order valence-corrected chi connectivity index (χ3v) is 5.72. The van der Waals surface area contributed by atoms with Gasteiger partial charge in [-0.05, 0) is 74.4 Å². The number of amides is 3. The largest absolute Gasteiger partial charge is 0.444 e. The van der Waals surface area contributed by atoms with Crippen molar-refractivity contribution < 1.29 is 37.4 Å². The molecule has 0 aliphatic carbocycles. The molecule has 0 aromatic heterocycles. The molecule has 43 heavy (non-hydrogen) atoms. The van der Waals surface area contributed by atoms with Crippen molar-refractivity contribution in [3.05, 3.63) is 95.6 Å². The smallest absolute Gasteiger partial charge is 0.416 e. The zero-order chi connectivity index (χ0) is 31.6. The van der Waals surface area contributed by atoms with E-state index in [1.165, 1.54) is 6.08 Å². The van der Waals surface area contributed by atoms with E-state index in [1.807, 2.05) is 0 Å². The minimum Gasteiger partial charge on any atom is -0.444 e. The number of hydrogen-bond acceptors (Lipinski definition) is 6. The van der Waals surface area contributed by atoms with Crippen molar-refractivity contribution >= 4 is 41.0 Å². The molecule has 1 unspecified atom stereocenters. The van der Waals surface area contributed by atoms with Crippen molar-refractivity contribution in [1.82, 2.24) is 5.32 Å². The van der Waals surface area contributed by atoms with Crippen molar-refractivity contribution in [3.63, 3.8) is 0 Å². The Bertz CT molecular complexity index is 1430. The number of benzene rings is 3. The summed E-state index contributed by atoms with van der Waals surface area (Å²) in [4.78, 5) is 37.7. The second kappa shape index (κ2) is 14.5. The van der Waals surface area contributed by atoms with Crippen LogP contribution in [0.2, 0.25) is 0 Å². The highest BCUT2D eigenvalue weighted by atomic mass is 19.4. The molecule has 0 bridgehead atoms. The fourth-order valence-electron chi connectivity index (χ4n) is 3.79. The fourth-order valence-corrected chi connectivity index (χ4v) is 3.79. The number of halogens is 3. The number of para-hydroxylation sites is 2. The van der Waals surface area contributed by atoms with E-state index in [4.69, 9.17) is 4.74 Å². The minimum atomic E-state index is -4.49. The van der Waals surface area contributed by atoms with Crippen LogP contribution in [0.25, 0.3) is 6.08 Å². The zero-order valence-corrected chi connectivity index (χ0v) is 23.8. The SMILES string of the molecule is CC(C)(C)OC(=O)Nc1ccccc1NC(=O)/C=C/c1ccc(C(NCCO)C(=O)Nc2ccc(C(F)(F)F)cc2)cc1. The highest BCUT2D eigenvalue weighted by molar-refractivity contribution is 6.05. The van der Waals surface area contributed by atoms with E-state index >= 15 is 0 Å². The average Bonchev–Trinajstić information content (AvgIpc) is 2.92. The van der Waals surface area contributed by atoms with Gasteiger partial charge in [0, 0.05) is 18.3 Å². The monoisotopic (exact) mass is 598 g/mol.